The lowest BCUT2D eigenvalue weighted by Gasteiger charge is -2.33. The van der Waals surface area contributed by atoms with Crippen molar-refractivity contribution in [2.24, 2.45) is 23.7 Å². The largest absolute Gasteiger partial charge is 0.466 e. The van der Waals surface area contributed by atoms with Gasteiger partial charge in [0.05, 0.1) is 12.5 Å². The average Bonchev–Trinajstić information content (AvgIpc) is 3.02. The van der Waals surface area contributed by atoms with E-state index in [0.717, 1.165) is 12.5 Å². The van der Waals surface area contributed by atoms with E-state index in [9.17, 15) is 9.59 Å². The summed E-state index contributed by atoms with van der Waals surface area (Å²) >= 11 is 0. The molecule has 0 radical (unpaired) electrons. The van der Waals surface area contributed by atoms with Crippen LogP contribution in [0.1, 0.15) is 45.4 Å². The first-order valence-corrected chi connectivity index (χ1v) is 8.13. The number of hydrogen-bond donors (Lipinski definition) is 1. The van der Waals surface area contributed by atoms with E-state index in [2.05, 4.69) is 5.32 Å². The highest BCUT2D eigenvalue weighted by atomic mass is 16.5. The van der Waals surface area contributed by atoms with Crippen LogP contribution in [0, 0.1) is 23.7 Å². The maximum atomic E-state index is 12.3. The molecule has 0 amide bonds. The van der Waals surface area contributed by atoms with Crippen molar-refractivity contribution in [3.63, 3.8) is 0 Å². The van der Waals surface area contributed by atoms with Crippen LogP contribution in [0.25, 0.3) is 0 Å². The maximum absolute atomic E-state index is 12.3. The second kappa shape index (κ2) is 5.84. The maximum Gasteiger partial charge on any atom is 0.308 e. The number of ketones is 1. The van der Waals surface area contributed by atoms with Crippen LogP contribution in [0.5, 0.6) is 0 Å². The molecule has 1 heterocycles. The molecule has 112 valence electrons. The van der Waals surface area contributed by atoms with Crippen molar-refractivity contribution < 1.29 is 14.3 Å². The van der Waals surface area contributed by atoms with E-state index in [4.69, 9.17) is 4.74 Å². The first-order chi connectivity index (χ1) is 9.70. The molecule has 20 heavy (non-hydrogen) atoms. The van der Waals surface area contributed by atoms with Crippen molar-refractivity contribution in [1.29, 1.82) is 0 Å². The Morgan fingerprint density at radius 3 is 3.00 bits per heavy atom. The molecule has 0 spiro atoms. The van der Waals surface area contributed by atoms with E-state index in [-0.39, 0.29) is 17.8 Å². The standard InChI is InChI=1S/C16H25NO3/c1-2-20-16(19)10-6-7-14(18)13(8-10)15-12-5-3-4-11(12)9-17-15/h10-13,15,17H,2-9H2,1H3. The fourth-order valence-electron chi connectivity index (χ4n) is 4.55. The van der Waals surface area contributed by atoms with Crippen LogP contribution in [-0.4, -0.2) is 30.9 Å². The molecule has 3 aliphatic rings. The fourth-order valence-corrected chi connectivity index (χ4v) is 4.55. The van der Waals surface area contributed by atoms with Gasteiger partial charge in [0.25, 0.3) is 0 Å². The lowest BCUT2D eigenvalue weighted by atomic mass is 9.73. The Morgan fingerprint density at radius 2 is 2.20 bits per heavy atom. The Morgan fingerprint density at radius 1 is 1.35 bits per heavy atom. The number of fused-ring (bicyclic) bond motifs is 1. The molecule has 1 N–H and O–H groups in total. The van der Waals surface area contributed by atoms with Crippen molar-refractivity contribution in [2.45, 2.75) is 51.5 Å². The number of nitrogens with one attached hydrogen (secondary N) is 1. The summed E-state index contributed by atoms with van der Waals surface area (Å²) in [5.41, 5.74) is 0. The summed E-state index contributed by atoms with van der Waals surface area (Å²) in [4.78, 5) is 24.2. The summed E-state index contributed by atoms with van der Waals surface area (Å²) in [6, 6.07) is 0.312. The Bertz CT molecular complexity index is 395. The van der Waals surface area contributed by atoms with Crippen molar-refractivity contribution in [3.8, 4) is 0 Å². The topological polar surface area (TPSA) is 55.4 Å². The monoisotopic (exact) mass is 279 g/mol. The van der Waals surface area contributed by atoms with Crippen LogP contribution >= 0.6 is 0 Å². The summed E-state index contributed by atoms with van der Waals surface area (Å²) < 4.78 is 5.14. The zero-order valence-electron chi connectivity index (χ0n) is 12.3. The van der Waals surface area contributed by atoms with Crippen molar-refractivity contribution in [2.75, 3.05) is 13.2 Å². The molecule has 3 rings (SSSR count). The van der Waals surface area contributed by atoms with Crippen LogP contribution in [0.4, 0.5) is 0 Å². The highest BCUT2D eigenvalue weighted by Crippen LogP contribution is 2.43. The van der Waals surface area contributed by atoms with Gasteiger partial charge in [0, 0.05) is 18.4 Å². The van der Waals surface area contributed by atoms with Crippen LogP contribution in [0.2, 0.25) is 0 Å². The third-order valence-electron chi connectivity index (χ3n) is 5.54. The van der Waals surface area contributed by atoms with Gasteiger partial charge in [-0.2, -0.15) is 0 Å². The quantitative estimate of drug-likeness (QED) is 0.802. The number of hydrogen-bond acceptors (Lipinski definition) is 4. The zero-order chi connectivity index (χ0) is 14.1. The zero-order valence-corrected chi connectivity index (χ0v) is 12.3. The van der Waals surface area contributed by atoms with Gasteiger partial charge in [-0.1, -0.05) is 6.42 Å². The summed E-state index contributed by atoms with van der Waals surface area (Å²) in [5.74, 6) is 1.63. The molecule has 5 atom stereocenters. The summed E-state index contributed by atoms with van der Waals surface area (Å²) in [5, 5.41) is 3.58. The van der Waals surface area contributed by atoms with Crippen LogP contribution in [0.15, 0.2) is 0 Å². The van der Waals surface area contributed by atoms with E-state index in [0.29, 0.717) is 43.6 Å². The van der Waals surface area contributed by atoms with Gasteiger partial charge in [-0.25, -0.2) is 0 Å². The van der Waals surface area contributed by atoms with Gasteiger partial charge in [0.2, 0.25) is 0 Å². The number of ether oxygens (including phenoxy) is 1. The molecular formula is C16H25NO3. The van der Waals surface area contributed by atoms with Crippen molar-refractivity contribution >= 4 is 11.8 Å². The third kappa shape index (κ3) is 2.50. The third-order valence-corrected chi connectivity index (χ3v) is 5.54. The minimum absolute atomic E-state index is 0.0336. The minimum atomic E-state index is -0.106. The van der Waals surface area contributed by atoms with Crippen LogP contribution in [0.3, 0.4) is 0 Å². The lowest BCUT2D eigenvalue weighted by molar-refractivity contribution is -0.150. The van der Waals surface area contributed by atoms with Gasteiger partial charge in [-0.15, -0.1) is 0 Å². The summed E-state index contributed by atoms with van der Waals surface area (Å²) in [7, 11) is 0. The highest BCUT2D eigenvalue weighted by molar-refractivity contribution is 5.85. The van der Waals surface area contributed by atoms with E-state index < -0.39 is 0 Å². The second-order valence-corrected chi connectivity index (χ2v) is 6.59. The second-order valence-electron chi connectivity index (χ2n) is 6.59. The van der Waals surface area contributed by atoms with Crippen molar-refractivity contribution in [1.82, 2.24) is 5.32 Å². The Kier molecular flexibility index (Phi) is 4.11. The highest BCUT2D eigenvalue weighted by Gasteiger charge is 2.46. The number of carbonyl (C=O) groups excluding carboxylic acids is 2. The van der Waals surface area contributed by atoms with Gasteiger partial charge in [0.15, 0.2) is 0 Å². The molecule has 3 fully saturated rings. The van der Waals surface area contributed by atoms with E-state index >= 15 is 0 Å². The summed E-state index contributed by atoms with van der Waals surface area (Å²) in [6.07, 6.45) is 5.76. The Balaban J connectivity index is 1.68. The predicted octanol–water partition coefficient (Wildman–Crippen LogP) is 1.92. The molecule has 0 aromatic heterocycles. The molecule has 2 aliphatic carbocycles. The lowest BCUT2D eigenvalue weighted by Crippen LogP contribution is -2.44. The number of rotatable bonds is 3. The van der Waals surface area contributed by atoms with E-state index in [1.807, 2.05) is 6.92 Å². The Labute approximate surface area is 120 Å². The smallest absolute Gasteiger partial charge is 0.308 e. The average molecular weight is 279 g/mol. The Hall–Kier alpha value is -0.900. The van der Waals surface area contributed by atoms with Crippen LogP contribution < -0.4 is 5.32 Å². The van der Waals surface area contributed by atoms with E-state index in [1.54, 1.807) is 0 Å². The first-order valence-electron chi connectivity index (χ1n) is 8.13. The summed E-state index contributed by atoms with van der Waals surface area (Å²) in [6.45, 7) is 3.33. The molecule has 5 unspecified atom stereocenters. The van der Waals surface area contributed by atoms with Crippen molar-refractivity contribution in [3.05, 3.63) is 0 Å². The minimum Gasteiger partial charge on any atom is -0.466 e. The fraction of sp³-hybridized carbons (Fsp3) is 0.875. The van der Waals surface area contributed by atoms with Crippen LogP contribution in [-0.2, 0) is 14.3 Å². The van der Waals surface area contributed by atoms with Gasteiger partial charge >= 0.3 is 5.97 Å². The first kappa shape index (κ1) is 14.1. The molecule has 0 bridgehead atoms. The molecule has 1 saturated heterocycles. The molecule has 2 saturated carbocycles. The molecule has 0 aromatic rings. The molecule has 1 aliphatic heterocycles. The van der Waals surface area contributed by atoms with Gasteiger partial charge < -0.3 is 10.1 Å². The normalized spacial score (nSPS) is 40.6. The van der Waals surface area contributed by atoms with E-state index in [1.165, 1.54) is 19.3 Å². The molecular weight excluding hydrogens is 254 g/mol. The SMILES string of the molecule is CCOC(=O)C1CCC(=O)C(C2NCC3CCCC32)C1. The number of esters is 1. The predicted molar refractivity (Wildman–Crippen MR) is 75.1 cm³/mol. The number of Topliss-reactive ketones (excluding diaryl/α,β-unsaturated/α-hetero) is 1. The molecule has 4 nitrogen and oxygen atoms in total. The number of carbonyl (C=O) groups is 2. The molecule has 0 aromatic carbocycles. The van der Waals surface area contributed by atoms with Gasteiger partial charge in [-0.05, 0) is 51.0 Å². The van der Waals surface area contributed by atoms with Gasteiger partial charge in [0.1, 0.15) is 5.78 Å². The van der Waals surface area contributed by atoms with Gasteiger partial charge in [-0.3, -0.25) is 9.59 Å². The molecule has 4 heteroatoms.